The van der Waals surface area contributed by atoms with Crippen molar-refractivity contribution in [2.45, 2.75) is 257 Å². The van der Waals surface area contributed by atoms with Gasteiger partial charge in [0.1, 0.15) is 13.2 Å². The number of nitrogens with zero attached hydrogens (tertiary/aromatic N) is 1. The molecule has 9 nitrogen and oxygen atoms in total. The molecule has 0 amide bonds. The number of unbranched alkanes of at least 4 members (excludes halogenated alkanes) is 31. The Balaban J connectivity index is 4.31. The monoisotopic (exact) mass is 867 g/mol. The van der Waals surface area contributed by atoms with E-state index in [0.717, 1.165) is 51.4 Å². The van der Waals surface area contributed by atoms with E-state index in [1.165, 1.54) is 167 Å². The lowest BCUT2D eigenvalue weighted by atomic mass is 10.0. The van der Waals surface area contributed by atoms with E-state index >= 15 is 0 Å². The second kappa shape index (κ2) is 44.6. The first-order chi connectivity index (χ1) is 29.6. The van der Waals surface area contributed by atoms with Gasteiger partial charge >= 0.3 is 17.9 Å². The van der Waals surface area contributed by atoms with Crippen molar-refractivity contribution in [3.8, 4) is 0 Å². The summed E-state index contributed by atoms with van der Waals surface area (Å²) in [4.78, 5) is 37.3. The van der Waals surface area contributed by atoms with Gasteiger partial charge in [-0.1, -0.05) is 206 Å². The predicted molar refractivity (Wildman–Crippen MR) is 254 cm³/mol. The Morgan fingerprint density at radius 1 is 0.475 bits per heavy atom. The van der Waals surface area contributed by atoms with Crippen LogP contribution in [0.4, 0.5) is 0 Å². The van der Waals surface area contributed by atoms with Gasteiger partial charge < -0.3 is 28.5 Å². The van der Waals surface area contributed by atoms with Gasteiger partial charge in [-0.25, -0.2) is 4.79 Å². The number of carbonyl (C=O) groups is 3. The number of carbonyl (C=O) groups excluding carboxylic acids is 2. The van der Waals surface area contributed by atoms with Gasteiger partial charge in [0.25, 0.3) is 6.29 Å². The topological polar surface area (TPSA) is 108 Å². The lowest BCUT2D eigenvalue weighted by Crippen LogP contribution is -2.40. The van der Waals surface area contributed by atoms with Crippen molar-refractivity contribution in [1.82, 2.24) is 0 Å². The number of ether oxygens (including phenoxy) is 4. The maximum atomic E-state index is 12.8. The van der Waals surface area contributed by atoms with E-state index < -0.39 is 24.3 Å². The second-order valence-electron chi connectivity index (χ2n) is 18.8. The van der Waals surface area contributed by atoms with Crippen molar-refractivity contribution < 1.29 is 42.9 Å². The third-order valence-corrected chi connectivity index (χ3v) is 11.5. The van der Waals surface area contributed by atoms with Crippen LogP contribution in [0.5, 0.6) is 0 Å². The number of likely N-dealkylation sites (N-methyl/N-ethyl adjacent to an activating group) is 1. The molecule has 0 rings (SSSR count). The molecule has 0 bridgehead atoms. The average molecular weight is 867 g/mol. The molecule has 0 fully saturated rings. The molecule has 0 saturated carbocycles. The molecule has 0 radical (unpaired) electrons. The van der Waals surface area contributed by atoms with Crippen LogP contribution in [0.2, 0.25) is 0 Å². The number of esters is 2. The SMILES string of the molecule is CCCCCCCC/C=C\CCCCCCCCCC(=O)OC(COC(=O)CCCCCCCCCCCCCCCCCCCCC)COC(OCC[N+](C)(C)C)C(=O)O. The third-order valence-electron chi connectivity index (χ3n) is 11.5. The molecular formula is C52H100NO8+. The normalized spacial score (nSPS) is 12.9. The van der Waals surface area contributed by atoms with Crippen molar-refractivity contribution in [3.05, 3.63) is 12.2 Å². The van der Waals surface area contributed by atoms with E-state index in [9.17, 15) is 19.5 Å². The fraction of sp³-hybridized carbons (Fsp3) is 0.904. The van der Waals surface area contributed by atoms with Crippen molar-refractivity contribution in [2.24, 2.45) is 0 Å². The van der Waals surface area contributed by atoms with Gasteiger partial charge in [0, 0.05) is 12.8 Å². The van der Waals surface area contributed by atoms with Gasteiger partial charge in [-0.15, -0.1) is 0 Å². The lowest BCUT2D eigenvalue weighted by Gasteiger charge is -2.25. The summed E-state index contributed by atoms with van der Waals surface area (Å²) in [7, 11) is 5.97. The number of carboxylic acid groups (broad SMARTS) is 1. The lowest BCUT2D eigenvalue weighted by molar-refractivity contribution is -0.870. The molecule has 0 heterocycles. The van der Waals surface area contributed by atoms with E-state index in [1.54, 1.807) is 0 Å². The molecule has 0 aliphatic carbocycles. The van der Waals surface area contributed by atoms with Gasteiger partial charge in [0.15, 0.2) is 6.10 Å². The Labute approximate surface area is 376 Å². The van der Waals surface area contributed by atoms with Crippen molar-refractivity contribution >= 4 is 17.9 Å². The number of hydrogen-bond acceptors (Lipinski definition) is 7. The summed E-state index contributed by atoms with van der Waals surface area (Å²) < 4.78 is 22.8. The number of carboxylic acids is 1. The summed E-state index contributed by atoms with van der Waals surface area (Å²) in [5.74, 6) is -1.99. The van der Waals surface area contributed by atoms with Crippen molar-refractivity contribution in [3.63, 3.8) is 0 Å². The summed E-state index contributed by atoms with van der Waals surface area (Å²) in [5, 5.41) is 9.66. The van der Waals surface area contributed by atoms with Gasteiger partial charge in [-0.3, -0.25) is 9.59 Å². The minimum atomic E-state index is -1.51. The van der Waals surface area contributed by atoms with E-state index in [0.29, 0.717) is 17.4 Å². The fourth-order valence-corrected chi connectivity index (χ4v) is 7.48. The Morgan fingerprint density at radius 2 is 0.836 bits per heavy atom. The molecular weight excluding hydrogens is 767 g/mol. The third kappa shape index (κ3) is 45.9. The molecule has 2 atom stereocenters. The molecule has 9 heteroatoms. The second-order valence-corrected chi connectivity index (χ2v) is 18.8. The molecule has 0 aromatic rings. The highest BCUT2D eigenvalue weighted by Crippen LogP contribution is 2.16. The van der Waals surface area contributed by atoms with Crippen LogP contribution in [-0.4, -0.2) is 87.4 Å². The van der Waals surface area contributed by atoms with Gasteiger partial charge in [-0.2, -0.15) is 0 Å². The zero-order valence-corrected chi connectivity index (χ0v) is 40.8. The Morgan fingerprint density at radius 3 is 1.21 bits per heavy atom. The largest absolute Gasteiger partial charge is 0.477 e. The average Bonchev–Trinajstić information content (AvgIpc) is 3.22. The zero-order valence-electron chi connectivity index (χ0n) is 40.8. The van der Waals surface area contributed by atoms with Crippen LogP contribution in [0.1, 0.15) is 245 Å². The molecule has 2 unspecified atom stereocenters. The summed E-state index contributed by atoms with van der Waals surface area (Å²) in [6.07, 6.45) is 45.5. The van der Waals surface area contributed by atoms with E-state index in [4.69, 9.17) is 18.9 Å². The van der Waals surface area contributed by atoms with Crippen LogP contribution in [0.3, 0.4) is 0 Å². The number of hydrogen-bond donors (Lipinski definition) is 1. The van der Waals surface area contributed by atoms with Crippen LogP contribution >= 0.6 is 0 Å². The standard InChI is InChI=1S/C52H99NO8/c1-6-8-10-12-14-16-18-20-22-24-25-27-28-30-32-34-36-38-40-42-49(54)59-46-48(47-60-52(51(56)57)58-45-44-53(3,4)5)61-50(55)43-41-39-37-35-33-31-29-26-23-21-19-17-15-13-11-9-7-2/h21,23,48,52H,6-20,22,24-47H2,1-5H3/p+1/b23-21-. The molecule has 0 spiro atoms. The fourth-order valence-electron chi connectivity index (χ4n) is 7.48. The van der Waals surface area contributed by atoms with Gasteiger partial charge in [-0.05, 0) is 38.5 Å². The number of allylic oxidation sites excluding steroid dienone is 2. The Bertz CT molecular complexity index is 1010. The Hall–Kier alpha value is -1.97. The molecule has 1 N–H and O–H groups in total. The first-order valence-electron chi connectivity index (χ1n) is 25.9. The quantitative estimate of drug-likeness (QED) is 0.0212. The molecule has 0 aromatic carbocycles. The minimum absolute atomic E-state index is 0.177. The van der Waals surface area contributed by atoms with Crippen molar-refractivity contribution in [1.29, 1.82) is 0 Å². The first kappa shape index (κ1) is 59.0. The molecule has 0 saturated heterocycles. The molecule has 0 aliphatic rings. The number of rotatable bonds is 48. The van der Waals surface area contributed by atoms with Crippen molar-refractivity contribution in [2.75, 3.05) is 47.5 Å². The highest BCUT2D eigenvalue weighted by atomic mass is 16.7. The summed E-state index contributed by atoms with van der Waals surface area (Å²) in [5.41, 5.74) is 0. The molecule has 360 valence electrons. The van der Waals surface area contributed by atoms with Crippen LogP contribution in [-0.2, 0) is 33.3 Å². The van der Waals surface area contributed by atoms with Crippen LogP contribution in [0, 0.1) is 0 Å². The highest BCUT2D eigenvalue weighted by Gasteiger charge is 2.25. The number of quaternary nitrogens is 1. The Kier molecular flexibility index (Phi) is 43.2. The van der Waals surface area contributed by atoms with E-state index in [2.05, 4.69) is 26.0 Å². The minimum Gasteiger partial charge on any atom is -0.477 e. The summed E-state index contributed by atoms with van der Waals surface area (Å²) >= 11 is 0. The highest BCUT2D eigenvalue weighted by molar-refractivity contribution is 5.71. The van der Waals surface area contributed by atoms with Crippen LogP contribution in [0.15, 0.2) is 12.2 Å². The maximum absolute atomic E-state index is 12.8. The summed E-state index contributed by atoms with van der Waals surface area (Å²) in [6.45, 7) is 4.91. The zero-order chi connectivity index (χ0) is 44.9. The van der Waals surface area contributed by atoms with Gasteiger partial charge in [0.2, 0.25) is 0 Å². The van der Waals surface area contributed by atoms with Crippen LogP contribution in [0.25, 0.3) is 0 Å². The predicted octanol–water partition coefficient (Wildman–Crippen LogP) is 14.2. The van der Waals surface area contributed by atoms with E-state index in [-0.39, 0.29) is 32.2 Å². The molecule has 0 aromatic heterocycles. The van der Waals surface area contributed by atoms with E-state index in [1.807, 2.05) is 21.1 Å². The molecule has 0 aliphatic heterocycles. The van der Waals surface area contributed by atoms with Crippen LogP contribution < -0.4 is 0 Å². The number of aliphatic carboxylic acids is 1. The molecule has 61 heavy (non-hydrogen) atoms. The first-order valence-corrected chi connectivity index (χ1v) is 25.9. The summed E-state index contributed by atoms with van der Waals surface area (Å²) in [6, 6.07) is 0. The maximum Gasteiger partial charge on any atom is 0.361 e. The van der Waals surface area contributed by atoms with Gasteiger partial charge in [0.05, 0.1) is 34.4 Å². The smallest absolute Gasteiger partial charge is 0.361 e.